The van der Waals surface area contributed by atoms with Gasteiger partial charge in [-0.1, -0.05) is 0 Å². The fourth-order valence-corrected chi connectivity index (χ4v) is 0.928. The highest BCUT2D eigenvalue weighted by Gasteiger charge is 1.95. The monoisotopic (exact) mass is 192 g/mol. The Bertz CT molecular complexity index is 342. The first-order chi connectivity index (χ1) is 6.59. The molecule has 0 aliphatic heterocycles. The number of carboxylic acids is 1. The molecule has 0 atom stereocenters. The van der Waals surface area contributed by atoms with Crippen molar-refractivity contribution in [3.05, 3.63) is 30.0 Å². The topological polar surface area (TPSA) is 53.4 Å². The van der Waals surface area contributed by atoms with Gasteiger partial charge in [0.05, 0.1) is 0 Å². The molecule has 14 heavy (non-hydrogen) atoms. The first kappa shape index (κ1) is 10.2. The van der Waals surface area contributed by atoms with Gasteiger partial charge in [-0.15, -0.1) is 0 Å². The molecule has 0 saturated carbocycles. The fraction of sp³-hybridized carbons (Fsp3) is 0.200. The Balaban J connectivity index is 2.78. The number of hydrogen-bond donors (Lipinski definition) is 1. The van der Waals surface area contributed by atoms with Crippen molar-refractivity contribution in [1.82, 2.24) is 4.98 Å². The highest BCUT2D eigenvalue weighted by molar-refractivity contribution is 5.85. The SMILES string of the molecule is CN(C)c1ccc(C=CC(=O)O)cn1. The molecule has 1 heterocycles. The van der Waals surface area contributed by atoms with Gasteiger partial charge in [-0.05, 0) is 23.8 Å². The molecule has 4 nitrogen and oxygen atoms in total. The zero-order valence-electron chi connectivity index (χ0n) is 8.14. The molecule has 0 amide bonds. The maximum atomic E-state index is 10.2. The first-order valence-corrected chi connectivity index (χ1v) is 4.14. The second kappa shape index (κ2) is 4.41. The number of aliphatic carboxylic acids is 1. The maximum Gasteiger partial charge on any atom is 0.328 e. The van der Waals surface area contributed by atoms with Crippen LogP contribution in [0.4, 0.5) is 5.82 Å². The van der Waals surface area contributed by atoms with Crippen LogP contribution in [0.15, 0.2) is 24.4 Å². The lowest BCUT2D eigenvalue weighted by Crippen LogP contribution is -2.09. The summed E-state index contributed by atoms with van der Waals surface area (Å²) in [7, 11) is 3.80. The van der Waals surface area contributed by atoms with Crippen LogP contribution in [-0.4, -0.2) is 30.2 Å². The van der Waals surface area contributed by atoms with Crippen molar-refractivity contribution in [3.8, 4) is 0 Å². The van der Waals surface area contributed by atoms with Crippen LogP contribution in [0.5, 0.6) is 0 Å². The lowest BCUT2D eigenvalue weighted by atomic mass is 10.2. The Labute approximate surface area is 82.5 Å². The molecular formula is C10H12N2O2. The largest absolute Gasteiger partial charge is 0.478 e. The van der Waals surface area contributed by atoms with Gasteiger partial charge in [0.2, 0.25) is 0 Å². The maximum absolute atomic E-state index is 10.2. The Morgan fingerprint density at radius 2 is 2.21 bits per heavy atom. The van der Waals surface area contributed by atoms with Crippen LogP contribution in [0.2, 0.25) is 0 Å². The van der Waals surface area contributed by atoms with Gasteiger partial charge >= 0.3 is 5.97 Å². The summed E-state index contributed by atoms with van der Waals surface area (Å²) in [5, 5.41) is 8.40. The van der Waals surface area contributed by atoms with E-state index in [1.807, 2.05) is 31.1 Å². The van der Waals surface area contributed by atoms with Gasteiger partial charge in [0, 0.05) is 26.4 Å². The van der Waals surface area contributed by atoms with Crippen LogP contribution in [0.25, 0.3) is 6.08 Å². The molecule has 1 rings (SSSR count). The van der Waals surface area contributed by atoms with Crippen LogP contribution in [0, 0.1) is 0 Å². The van der Waals surface area contributed by atoms with Crippen molar-refractivity contribution in [3.63, 3.8) is 0 Å². The van der Waals surface area contributed by atoms with E-state index < -0.39 is 5.97 Å². The zero-order valence-corrected chi connectivity index (χ0v) is 8.14. The molecule has 0 saturated heterocycles. The summed E-state index contributed by atoms with van der Waals surface area (Å²) >= 11 is 0. The van der Waals surface area contributed by atoms with Crippen molar-refractivity contribution in [2.75, 3.05) is 19.0 Å². The number of anilines is 1. The van der Waals surface area contributed by atoms with Crippen molar-refractivity contribution in [2.24, 2.45) is 0 Å². The third-order valence-electron chi connectivity index (χ3n) is 1.65. The zero-order chi connectivity index (χ0) is 10.6. The molecule has 0 unspecified atom stereocenters. The quantitative estimate of drug-likeness (QED) is 0.732. The highest BCUT2D eigenvalue weighted by Crippen LogP contribution is 2.08. The number of carboxylic acid groups (broad SMARTS) is 1. The number of nitrogens with zero attached hydrogens (tertiary/aromatic N) is 2. The van der Waals surface area contributed by atoms with Crippen molar-refractivity contribution >= 4 is 17.9 Å². The number of aromatic nitrogens is 1. The Hall–Kier alpha value is -1.84. The minimum Gasteiger partial charge on any atom is -0.478 e. The molecular weight excluding hydrogens is 180 g/mol. The summed E-state index contributed by atoms with van der Waals surface area (Å²) in [6, 6.07) is 3.66. The molecule has 4 heteroatoms. The molecule has 0 bridgehead atoms. The Kier molecular flexibility index (Phi) is 3.23. The van der Waals surface area contributed by atoms with Gasteiger partial charge in [0.1, 0.15) is 5.82 Å². The summed E-state index contributed by atoms with van der Waals surface area (Å²) in [4.78, 5) is 16.2. The fourth-order valence-electron chi connectivity index (χ4n) is 0.928. The summed E-state index contributed by atoms with van der Waals surface area (Å²) in [6.45, 7) is 0. The average Bonchev–Trinajstić information content (AvgIpc) is 2.15. The third-order valence-corrected chi connectivity index (χ3v) is 1.65. The van der Waals surface area contributed by atoms with Crippen LogP contribution in [0.1, 0.15) is 5.56 Å². The number of carbonyl (C=O) groups is 1. The van der Waals surface area contributed by atoms with Gasteiger partial charge in [0.25, 0.3) is 0 Å². The van der Waals surface area contributed by atoms with Crippen LogP contribution < -0.4 is 4.90 Å². The minimum atomic E-state index is -0.957. The molecule has 0 aliphatic carbocycles. The van der Waals surface area contributed by atoms with Gasteiger partial charge in [-0.25, -0.2) is 9.78 Å². The molecule has 0 aliphatic rings. The molecule has 0 spiro atoms. The van der Waals surface area contributed by atoms with E-state index >= 15 is 0 Å². The van der Waals surface area contributed by atoms with E-state index in [9.17, 15) is 4.79 Å². The predicted octanol–water partition coefficient (Wildman–Crippen LogP) is 1.25. The van der Waals surface area contributed by atoms with Crippen molar-refractivity contribution in [2.45, 2.75) is 0 Å². The lowest BCUT2D eigenvalue weighted by molar-refractivity contribution is -0.131. The number of rotatable bonds is 3. The number of hydrogen-bond acceptors (Lipinski definition) is 3. The molecule has 0 radical (unpaired) electrons. The van der Waals surface area contributed by atoms with E-state index in [4.69, 9.17) is 5.11 Å². The summed E-state index contributed by atoms with van der Waals surface area (Å²) in [5.41, 5.74) is 0.776. The van der Waals surface area contributed by atoms with Crippen molar-refractivity contribution < 1.29 is 9.90 Å². The molecule has 0 aromatic carbocycles. The average molecular weight is 192 g/mol. The van der Waals surface area contributed by atoms with E-state index in [1.165, 1.54) is 6.08 Å². The highest BCUT2D eigenvalue weighted by atomic mass is 16.4. The molecule has 0 fully saturated rings. The summed E-state index contributed by atoms with van der Waals surface area (Å²) < 4.78 is 0. The van der Waals surface area contributed by atoms with E-state index in [2.05, 4.69) is 4.98 Å². The van der Waals surface area contributed by atoms with Crippen LogP contribution >= 0.6 is 0 Å². The third kappa shape index (κ3) is 2.90. The van der Waals surface area contributed by atoms with E-state index in [0.29, 0.717) is 0 Å². The predicted molar refractivity (Wildman–Crippen MR) is 55.2 cm³/mol. The van der Waals surface area contributed by atoms with Gasteiger partial charge in [-0.3, -0.25) is 0 Å². The molecule has 1 aromatic heterocycles. The summed E-state index contributed by atoms with van der Waals surface area (Å²) in [6.07, 6.45) is 4.23. The standard InChI is InChI=1S/C10H12N2O2/c1-12(2)9-5-3-8(7-11-9)4-6-10(13)14/h3-7H,1-2H3,(H,13,14). The smallest absolute Gasteiger partial charge is 0.328 e. The van der Waals surface area contributed by atoms with E-state index in [-0.39, 0.29) is 0 Å². The second-order valence-corrected chi connectivity index (χ2v) is 3.02. The lowest BCUT2D eigenvalue weighted by Gasteiger charge is -2.10. The minimum absolute atomic E-state index is 0.776. The van der Waals surface area contributed by atoms with Gasteiger partial charge < -0.3 is 10.0 Å². The van der Waals surface area contributed by atoms with Gasteiger partial charge in [-0.2, -0.15) is 0 Å². The molecule has 1 aromatic rings. The van der Waals surface area contributed by atoms with Crippen LogP contribution in [0.3, 0.4) is 0 Å². The summed E-state index contributed by atoms with van der Waals surface area (Å²) in [5.74, 6) is -0.112. The first-order valence-electron chi connectivity index (χ1n) is 4.14. The molecule has 1 N–H and O–H groups in total. The normalized spacial score (nSPS) is 10.4. The Morgan fingerprint density at radius 3 is 2.64 bits per heavy atom. The number of pyridine rings is 1. The molecule has 74 valence electrons. The van der Waals surface area contributed by atoms with E-state index in [1.54, 1.807) is 6.20 Å². The van der Waals surface area contributed by atoms with E-state index in [0.717, 1.165) is 17.5 Å². The van der Waals surface area contributed by atoms with Gasteiger partial charge in [0.15, 0.2) is 0 Å². The second-order valence-electron chi connectivity index (χ2n) is 3.02. The Morgan fingerprint density at radius 1 is 1.50 bits per heavy atom. The van der Waals surface area contributed by atoms with Crippen molar-refractivity contribution in [1.29, 1.82) is 0 Å². The van der Waals surface area contributed by atoms with Crippen LogP contribution in [-0.2, 0) is 4.79 Å².